The topological polar surface area (TPSA) is 97.6 Å². The quantitative estimate of drug-likeness (QED) is 0.481. The molecule has 0 aliphatic heterocycles. The normalized spacial score (nSPS) is 11.2. The molecule has 0 radical (unpaired) electrons. The summed E-state index contributed by atoms with van der Waals surface area (Å²) in [6.45, 7) is 10.2. The molecular weight excluding hydrogens is 432 g/mol. The molecule has 0 unspecified atom stereocenters. The zero-order valence-electron chi connectivity index (χ0n) is 20.4. The summed E-state index contributed by atoms with van der Waals surface area (Å²) in [6, 6.07) is 15.2. The van der Waals surface area contributed by atoms with Gasteiger partial charge in [-0.05, 0) is 58.4 Å². The number of aryl methyl sites for hydroxylation is 2. The first-order valence-corrected chi connectivity index (χ1v) is 11.4. The summed E-state index contributed by atoms with van der Waals surface area (Å²) in [6.07, 6.45) is 0.121. The van der Waals surface area contributed by atoms with E-state index in [1.165, 1.54) is 0 Å². The fourth-order valence-electron chi connectivity index (χ4n) is 3.22. The summed E-state index contributed by atoms with van der Waals surface area (Å²) in [7, 11) is 0. The van der Waals surface area contributed by atoms with Crippen LogP contribution in [0.1, 0.15) is 51.1 Å². The standard InChI is InChI=1S/C26H32N4O4/c1-6-30(25(32)34-26(3,4)5)17-20-9-7-8-10-21(20)27-22(31)15-16-23-28-29-24(33-23)19-13-11-18(2)12-14-19/h7-14H,6,15-17H2,1-5H3,(H,27,31). The molecule has 2 amide bonds. The molecule has 3 aromatic rings. The monoisotopic (exact) mass is 464 g/mol. The number of nitrogens with one attached hydrogen (secondary N) is 1. The number of hydrogen-bond donors (Lipinski definition) is 1. The smallest absolute Gasteiger partial charge is 0.410 e. The van der Waals surface area contributed by atoms with Gasteiger partial charge in [0.25, 0.3) is 0 Å². The highest BCUT2D eigenvalue weighted by molar-refractivity contribution is 5.91. The fraction of sp³-hybridized carbons (Fsp3) is 0.385. The summed E-state index contributed by atoms with van der Waals surface area (Å²) in [4.78, 5) is 26.7. The van der Waals surface area contributed by atoms with Crippen LogP contribution in [0, 0.1) is 6.92 Å². The lowest BCUT2D eigenvalue weighted by Gasteiger charge is -2.27. The Balaban J connectivity index is 1.59. The average molecular weight is 465 g/mol. The van der Waals surface area contributed by atoms with Crippen molar-refractivity contribution in [3.05, 3.63) is 65.5 Å². The molecule has 3 rings (SSSR count). The van der Waals surface area contributed by atoms with E-state index in [-0.39, 0.29) is 12.3 Å². The molecule has 180 valence electrons. The summed E-state index contributed by atoms with van der Waals surface area (Å²) in [5.41, 5.74) is 2.89. The van der Waals surface area contributed by atoms with Gasteiger partial charge in [0.15, 0.2) is 0 Å². The molecular formula is C26H32N4O4. The first kappa shape index (κ1) is 25.0. The molecule has 0 saturated heterocycles. The van der Waals surface area contributed by atoms with E-state index in [2.05, 4.69) is 15.5 Å². The summed E-state index contributed by atoms with van der Waals surface area (Å²) in [5, 5.41) is 11.1. The predicted molar refractivity (Wildman–Crippen MR) is 130 cm³/mol. The van der Waals surface area contributed by atoms with Crippen molar-refractivity contribution in [2.75, 3.05) is 11.9 Å². The molecule has 0 spiro atoms. The largest absolute Gasteiger partial charge is 0.444 e. The minimum Gasteiger partial charge on any atom is -0.444 e. The highest BCUT2D eigenvalue weighted by atomic mass is 16.6. The fourth-order valence-corrected chi connectivity index (χ4v) is 3.22. The first-order chi connectivity index (χ1) is 16.1. The Bertz CT molecular complexity index is 1120. The third-order valence-corrected chi connectivity index (χ3v) is 5.02. The van der Waals surface area contributed by atoms with Gasteiger partial charge in [0.2, 0.25) is 17.7 Å². The van der Waals surface area contributed by atoms with Crippen LogP contribution >= 0.6 is 0 Å². The van der Waals surface area contributed by atoms with Crippen molar-refractivity contribution in [3.63, 3.8) is 0 Å². The number of nitrogens with zero attached hydrogens (tertiary/aromatic N) is 3. The van der Waals surface area contributed by atoms with Crippen molar-refractivity contribution in [1.29, 1.82) is 0 Å². The summed E-state index contributed by atoms with van der Waals surface area (Å²) >= 11 is 0. The lowest BCUT2D eigenvalue weighted by atomic mass is 10.1. The van der Waals surface area contributed by atoms with Gasteiger partial charge in [-0.2, -0.15) is 0 Å². The molecule has 8 heteroatoms. The molecule has 2 aromatic carbocycles. The maximum atomic E-state index is 12.6. The number of carbonyl (C=O) groups is 2. The number of hydrogen-bond acceptors (Lipinski definition) is 6. The number of benzene rings is 2. The highest BCUT2D eigenvalue weighted by Crippen LogP contribution is 2.21. The number of carbonyl (C=O) groups excluding carboxylic acids is 2. The molecule has 8 nitrogen and oxygen atoms in total. The number of rotatable bonds is 8. The minimum absolute atomic E-state index is 0.178. The van der Waals surface area contributed by atoms with E-state index in [1.807, 2.05) is 83.1 Å². The van der Waals surface area contributed by atoms with E-state index in [9.17, 15) is 9.59 Å². The molecule has 0 bridgehead atoms. The Hall–Kier alpha value is -3.68. The van der Waals surface area contributed by atoms with Crippen molar-refractivity contribution < 1.29 is 18.7 Å². The van der Waals surface area contributed by atoms with Crippen LogP contribution in [0.15, 0.2) is 52.9 Å². The molecule has 0 aliphatic rings. The van der Waals surface area contributed by atoms with Gasteiger partial charge in [0, 0.05) is 30.6 Å². The van der Waals surface area contributed by atoms with E-state index < -0.39 is 11.7 Å². The maximum Gasteiger partial charge on any atom is 0.410 e. The lowest BCUT2D eigenvalue weighted by Crippen LogP contribution is -2.36. The van der Waals surface area contributed by atoms with Crippen LogP contribution in [0.2, 0.25) is 0 Å². The highest BCUT2D eigenvalue weighted by Gasteiger charge is 2.22. The molecule has 1 heterocycles. The van der Waals surface area contributed by atoms with Crippen molar-refractivity contribution in [2.24, 2.45) is 0 Å². The van der Waals surface area contributed by atoms with E-state index in [0.29, 0.717) is 37.0 Å². The molecule has 0 fully saturated rings. The van der Waals surface area contributed by atoms with Crippen LogP contribution in [-0.2, 0) is 22.5 Å². The molecule has 0 saturated carbocycles. The third-order valence-electron chi connectivity index (χ3n) is 5.02. The Labute approximate surface area is 200 Å². The van der Waals surface area contributed by atoms with Crippen molar-refractivity contribution in [2.45, 2.75) is 59.6 Å². The molecule has 0 atom stereocenters. The zero-order valence-corrected chi connectivity index (χ0v) is 20.4. The van der Waals surface area contributed by atoms with Crippen molar-refractivity contribution in [3.8, 4) is 11.5 Å². The van der Waals surface area contributed by atoms with Crippen LogP contribution in [0.5, 0.6) is 0 Å². The van der Waals surface area contributed by atoms with Gasteiger partial charge >= 0.3 is 6.09 Å². The Kier molecular flexibility index (Phi) is 8.04. The molecule has 1 aromatic heterocycles. The number of para-hydroxylation sites is 1. The van der Waals surface area contributed by atoms with E-state index >= 15 is 0 Å². The van der Waals surface area contributed by atoms with E-state index in [4.69, 9.17) is 9.15 Å². The summed E-state index contributed by atoms with van der Waals surface area (Å²) in [5.74, 6) is 0.659. The van der Waals surface area contributed by atoms with Crippen LogP contribution in [0.4, 0.5) is 10.5 Å². The van der Waals surface area contributed by atoms with E-state index in [1.54, 1.807) is 4.90 Å². The number of amides is 2. The van der Waals surface area contributed by atoms with Gasteiger partial charge in [-0.1, -0.05) is 35.9 Å². The van der Waals surface area contributed by atoms with Gasteiger partial charge in [0.1, 0.15) is 5.60 Å². The second-order valence-electron chi connectivity index (χ2n) is 9.07. The van der Waals surface area contributed by atoms with Gasteiger partial charge in [-0.3, -0.25) is 4.79 Å². The Morgan fingerprint density at radius 1 is 1.06 bits per heavy atom. The Morgan fingerprint density at radius 3 is 2.44 bits per heavy atom. The Morgan fingerprint density at radius 2 is 1.76 bits per heavy atom. The van der Waals surface area contributed by atoms with Crippen LogP contribution < -0.4 is 5.32 Å². The second-order valence-corrected chi connectivity index (χ2v) is 9.07. The maximum absolute atomic E-state index is 12.6. The zero-order chi connectivity index (χ0) is 24.7. The third kappa shape index (κ3) is 7.16. The van der Waals surface area contributed by atoms with Crippen LogP contribution in [0.25, 0.3) is 11.5 Å². The second kappa shape index (κ2) is 11.0. The van der Waals surface area contributed by atoms with Gasteiger partial charge in [-0.15, -0.1) is 10.2 Å². The molecule has 1 N–H and O–H groups in total. The SMILES string of the molecule is CCN(Cc1ccccc1NC(=O)CCc1nnc(-c2ccc(C)cc2)o1)C(=O)OC(C)(C)C. The number of aromatic nitrogens is 2. The van der Waals surface area contributed by atoms with Gasteiger partial charge in [-0.25, -0.2) is 4.79 Å². The molecule has 34 heavy (non-hydrogen) atoms. The molecule has 0 aliphatic carbocycles. The number of anilines is 1. The lowest BCUT2D eigenvalue weighted by molar-refractivity contribution is -0.116. The minimum atomic E-state index is -0.577. The predicted octanol–water partition coefficient (Wildman–Crippen LogP) is 5.37. The van der Waals surface area contributed by atoms with Crippen molar-refractivity contribution >= 4 is 17.7 Å². The average Bonchev–Trinajstić information content (AvgIpc) is 3.25. The van der Waals surface area contributed by atoms with Crippen LogP contribution in [0.3, 0.4) is 0 Å². The van der Waals surface area contributed by atoms with Gasteiger partial charge < -0.3 is 19.4 Å². The van der Waals surface area contributed by atoms with Gasteiger partial charge in [0.05, 0.1) is 6.54 Å². The van der Waals surface area contributed by atoms with Crippen LogP contribution in [-0.4, -0.2) is 39.2 Å². The first-order valence-electron chi connectivity index (χ1n) is 11.4. The number of ether oxygens (including phenoxy) is 1. The van der Waals surface area contributed by atoms with E-state index in [0.717, 1.165) is 16.7 Å². The summed E-state index contributed by atoms with van der Waals surface area (Å²) < 4.78 is 11.2. The van der Waals surface area contributed by atoms with Crippen molar-refractivity contribution in [1.82, 2.24) is 15.1 Å².